The van der Waals surface area contributed by atoms with Crippen LogP contribution >= 0.6 is 0 Å². The predicted molar refractivity (Wildman–Crippen MR) is 102 cm³/mol. The van der Waals surface area contributed by atoms with E-state index in [1.54, 1.807) is 18.2 Å². The van der Waals surface area contributed by atoms with E-state index >= 15 is 0 Å². The second kappa shape index (κ2) is 8.34. The highest BCUT2D eigenvalue weighted by atomic mass is 32.2. The Morgan fingerprint density at radius 1 is 1.31 bits per heavy atom. The molecule has 0 spiro atoms. The number of quaternary nitrogens is 1. The molecule has 0 atom stereocenters. The maximum atomic E-state index is 12.5. The fraction of sp³-hybridized carbons (Fsp3) is 0.588. The minimum atomic E-state index is -3.89. The number of benzene rings is 1. The van der Waals surface area contributed by atoms with Gasteiger partial charge in [-0.15, -0.1) is 4.47 Å². The van der Waals surface area contributed by atoms with E-state index in [1.807, 2.05) is 0 Å². The van der Waals surface area contributed by atoms with Gasteiger partial charge < -0.3 is 9.80 Å². The lowest BCUT2D eigenvalue weighted by atomic mass is 10.2. The van der Waals surface area contributed by atoms with Crippen LogP contribution in [-0.2, 0) is 14.8 Å². The molecule has 0 bridgehead atoms. The number of amides is 1. The number of nitrogens with one attached hydrogen (secondary N) is 1. The molecule has 2 N–H and O–H groups in total. The summed E-state index contributed by atoms with van der Waals surface area (Å²) in [7, 11) is 0.336. The molecule has 1 amide bonds. The van der Waals surface area contributed by atoms with Crippen LogP contribution in [0.2, 0.25) is 0 Å². The van der Waals surface area contributed by atoms with Crippen molar-refractivity contribution >= 4 is 27.3 Å². The first-order chi connectivity index (χ1) is 12.1. The second-order valence-electron chi connectivity index (χ2n) is 7.20. The van der Waals surface area contributed by atoms with Crippen LogP contribution in [0.25, 0.3) is 0 Å². The number of rotatable bonds is 7. The molecule has 1 aliphatic rings. The summed E-state index contributed by atoms with van der Waals surface area (Å²) >= 11 is 0. The number of para-hydroxylation sites is 2. The minimum absolute atomic E-state index is 0.0442. The average molecular weight is 386 g/mol. The van der Waals surface area contributed by atoms with Gasteiger partial charge >= 0.3 is 0 Å². The first-order valence-electron chi connectivity index (χ1n) is 8.74. The molecular formula is C17H29N4O4S+. The molecule has 0 saturated carbocycles. The fourth-order valence-electron chi connectivity index (χ4n) is 3.07. The quantitative estimate of drug-likeness (QED) is 0.539. The lowest BCUT2D eigenvalue weighted by molar-refractivity contribution is -0.913. The highest BCUT2D eigenvalue weighted by Crippen LogP contribution is 2.27. The van der Waals surface area contributed by atoms with Gasteiger partial charge in [-0.2, -0.15) is 0 Å². The van der Waals surface area contributed by atoms with Crippen LogP contribution < -0.4 is 9.79 Å². The van der Waals surface area contributed by atoms with Crippen molar-refractivity contribution < 1.29 is 22.9 Å². The lowest BCUT2D eigenvalue weighted by Gasteiger charge is -2.41. The first-order valence-corrected chi connectivity index (χ1v) is 10.3. The number of sulfonamides is 1. The summed E-state index contributed by atoms with van der Waals surface area (Å²) in [6.45, 7) is 6.05. The van der Waals surface area contributed by atoms with E-state index in [-0.39, 0.29) is 27.5 Å². The highest BCUT2D eigenvalue weighted by Gasteiger charge is 2.29. The molecule has 146 valence electrons. The Labute approximate surface area is 155 Å². The van der Waals surface area contributed by atoms with Crippen molar-refractivity contribution in [2.75, 3.05) is 62.4 Å². The third-order valence-corrected chi connectivity index (χ3v) is 6.36. The van der Waals surface area contributed by atoms with Gasteiger partial charge in [-0.25, -0.2) is 8.42 Å². The van der Waals surface area contributed by atoms with Gasteiger partial charge in [-0.3, -0.25) is 14.9 Å². The molecule has 8 nitrogen and oxygen atoms in total. The highest BCUT2D eigenvalue weighted by molar-refractivity contribution is 7.92. The van der Waals surface area contributed by atoms with Crippen molar-refractivity contribution in [3.63, 3.8) is 0 Å². The van der Waals surface area contributed by atoms with E-state index in [1.165, 1.54) is 13.0 Å². The van der Waals surface area contributed by atoms with E-state index in [9.17, 15) is 18.4 Å². The van der Waals surface area contributed by atoms with Crippen LogP contribution in [0, 0.1) is 0 Å². The number of anilines is 2. The Morgan fingerprint density at radius 2 is 1.92 bits per heavy atom. The standard InChI is InChI=1S/C17H28N4O4S/c1-15(22)18-16-7-4-5-8-17(16)20(23)26(24,25)14-6-11-21(3)12-9-19(2)10-13-21/h4-5,7-8,23H,6,9-14H2,1-3H3/p+1. The summed E-state index contributed by atoms with van der Waals surface area (Å²) in [5.41, 5.74) is 0.298. The molecular weight excluding hydrogens is 356 g/mol. The molecule has 2 rings (SSSR count). The van der Waals surface area contributed by atoms with Crippen LogP contribution in [0.5, 0.6) is 0 Å². The number of hydrogen-bond acceptors (Lipinski definition) is 5. The van der Waals surface area contributed by atoms with Gasteiger partial charge in [-0.05, 0) is 19.2 Å². The van der Waals surface area contributed by atoms with Gasteiger partial charge in [0, 0.05) is 26.4 Å². The maximum Gasteiger partial charge on any atom is 0.257 e. The van der Waals surface area contributed by atoms with Crippen molar-refractivity contribution in [2.45, 2.75) is 13.3 Å². The number of carbonyl (C=O) groups is 1. The van der Waals surface area contributed by atoms with Gasteiger partial charge in [0.25, 0.3) is 10.0 Å². The first kappa shape index (κ1) is 20.6. The van der Waals surface area contributed by atoms with Crippen LogP contribution in [0.3, 0.4) is 0 Å². The van der Waals surface area contributed by atoms with Crippen molar-refractivity contribution in [3.8, 4) is 0 Å². The van der Waals surface area contributed by atoms with Crippen molar-refractivity contribution in [1.29, 1.82) is 0 Å². The summed E-state index contributed by atoms with van der Waals surface area (Å²) in [4.78, 5) is 13.5. The zero-order valence-electron chi connectivity index (χ0n) is 15.7. The molecule has 0 unspecified atom stereocenters. The van der Waals surface area contributed by atoms with Crippen molar-refractivity contribution in [2.24, 2.45) is 0 Å². The largest absolute Gasteiger partial charge is 0.324 e. The summed E-state index contributed by atoms with van der Waals surface area (Å²) in [5.74, 6) is -0.488. The predicted octanol–water partition coefficient (Wildman–Crippen LogP) is 0.953. The number of likely N-dealkylation sites (N-methyl/N-ethyl adjacent to an activating group) is 2. The SMILES string of the molecule is CC(=O)Nc1ccccc1N(O)S(=O)(=O)CCC[N+]1(C)CCN(C)CC1. The monoisotopic (exact) mass is 385 g/mol. The van der Waals surface area contributed by atoms with Crippen molar-refractivity contribution in [1.82, 2.24) is 4.90 Å². The molecule has 1 aromatic carbocycles. The molecule has 1 aliphatic heterocycles. The van der Waals surface area contributed by atoms with E-state index in [0.717, 1.165) is 37.2 Å². The van der Waals surface area contributed by atoms with E-state index in [0.29, 0.717) is 6.42 Å². The molecule has 9 heteroatoms. The molecule has 0 aromatic heterocycles. The van der Waals surface area contributed by atoms with Crippen LogP contribution in [-0.4, -0.2) is 81.5 Å². The Balaban J connectivity index is 2.00. The third kappa shape index (κ3) is 5.41. The summed E-state index contributed by atoms with van der Waals surface area (Å²) in [6.07, 6.45) is 0.460. The van der Waals surface area contributed by atoms with Crippen molar-refractivity contribution in [3.05, 3.63) is 24.3 Å². The number of hydrogen-bond donors (Lipinski definition) is 2. The van der Waals surface area contributed by atoms with E-state index in [2.05, 4.69) is 24.3 Å². The third-order valence-electron chi connectivity index (χ3n) is 4.83. The van der Waals surface area contributed by atoms with Gasteiger partial charge in [0.2, 0.25) is 5.91 Å². The van der Waals surface area contributed by atoms with Gasteiger partial charge in [-0.1, -0.05) is 12.1 Å². The maximum absolute atomic E-state index is 12.5. The van der Waals surface area contributed by atoms with E-state index < -0.39 is 10.0 Å². The number of carbonyl (C=O) groups excluding carboxylic acids is 1. The summed E-state index contributed by atoms with van der Waals surface area (Å²) in [5, 5.41) is 12.8. The summed E-state index contributed by atoms with van der Waals surface area (Å²) < 4.78 is 26.2. The zero-order chi connectivity index (χ0) is 19.4. The number of piperazine rings is 1. The Kier molecular flexibility index (Phi) is 6.62. The average Bonchev–Trinajstić information content (AvgIpc) is 2.57. The fourth-order valence-corrected chi connectivity index (χ4v) is 4.20. The molecule has 0 aliphatic carbocycles. The molecule has 1 saturated heterocycles. The Hall–Kier alpha value is -1.68. The topological polar surface area (TPSA) is 90.0 Å². The van der Waals surface area contributed by atoms with Crippen LogP contribution in [0.4, 0.5) is 11.4 Å². The molecule has 1 fully saturated rings. The minimum Gasteiger partial charge on any atom is -0.324 e. The molecule has 1 aromatic rings. The zero-order valence-corrected chi connectivity index (χ0v) is 16.5. The Bertz CT molecular complexity index is 730. The Morgan fingerprint density at radius 3 is 2.54 bits per heavy atom. The summed E-state index contributed by atoms with van der Waals surface area (Å²) in [6, 6.07) is 6.27. The lowest BCUT2D eigenvalue weighted by Crippen LogP contribution is -2.56. The molecule has 1 heterocycles. The molecule has 0 radical (unpaired) electrons. The molecule has 26 heavy (non-hydrogen) atoms. The second-order valence-corrected chi connectivity index (χ2v) is 9.12. The smallest absolute Gasteiger partial charge is 0.257 e. The van der Waals surface area contributed by atoms with Gasteiger partial charge in [0.15, 0.2) is 0 Å². The van der Waals surface area contributed by atoms with Gasteiger partial charge in [0.1, 0.15) is 5.69 Å². The van der Waals surface area contributed by atoms with Crippen LogP contribution in [0.15, 0.2) is 24.3 Å². The normalized spacial score (nSPS) is 17.7. The van der Waals surface area contributed by atoms with E-state index in [4.69, 9.17) is 0 Å². The van der Waals surface area contributed by atoms with Crippen LogP contribution in [0.1, 0.15) is 13.3 Å². The van der Waals surface area contributed by atoms with Gasteiger partial charge in [0.05, 0.1) is 38.1 Å². The number of nitrogens with zero attached hydrogens (tertiary/aromatic N) is 3.